The van der Waals surface area contributed by atoms with Gasteiger partial charge >= 0.3 is 0 Å². The normalized spacial score (nSPS) is 10.7. The summed E-state index contributed by atoms with van der Waals surface area (Å²) in [6, 6.07) is 28.7. The first-order valence-electron chi connectivity index (χ1n) is 11.6. The Morgan fingerprint density at radius 3 is 1.32 bits per heavy atom. The van der Waals surface area contributed by atoms with Crippen molar-refractivity contribution in [2.24, 2.45) is 0 Å². The van der Waals surface area contributed by atoms with Crippen LogP contribution in [0.4, 0.5) is 4.39 Å². The number of hydrogen-bond donors (Lipinski definition) is 0. The van der Waals surface area contributed by atoms with Crippen LogP contribution >= 0.6 is 23.5 Å². The van der Waals surface area contributed by atoms with E-state index >= 15 is 0 Å². The Hall–Kier alpha value is -3.67. The van der Waals surface area contributed by atoms with Crippen LogP contribution in [0.3, 0.4) is 0 Å². The molecule has 0 atom stereocenters. The molecule has 5 heteroatoms. The van der Waals surface area contributed by atoms with E-state index in [9.17, 15) is 14.0 Å². The molecule has 0 aliphatic carbocycles. The van der Waals surface area contributed by atoms with E-state index in [1.165, 1.54) is 17.8 Å². The van der Waals surface area contributed by atoms with Crippen molar-refractivity contribution in [3.05, 3.63) is 121 Å². The van der Waals surface area contributed by atoms with E-state index in [4.69, 9.17) is 0 Å². The molecule has 0 fully saturated rings. The van der Waals surface area contributed by atoms with Gasteiger partial charge in [0, 0.05) is 15.4 Å². The zero-order valence-corrected chi connectivity index (χ0v) is 22.2. The average Bonchev–Trinajstić information content (AvgIpc) is 2.89. The molecule has 0 radical (unpaired) electrons. The fourth-order valence-corrected chi connectivity index (χ4v) is 4.94. The van der Waals surface area contributed by atoms with Gasteiger partial charge in [-0.05, 0) is 101 Å². The minimum Gasteiger partial charge on any atom is -0.282 e. The van der Waals surface area contributed by atoms with Gasteiger partial charge in [0.05, 0.1) is 0 Å². The van der Waals surface area contributed by atoms with Crippen LogP contribution in [-0.4, -0.2) is 10.2 Å². The van der Waals surface area contributed by atoms with Crippen molar-refractivity contribution in [3.63, 3.8) is 0 Å². The van der Waals surface area contributed by atoms with Gasteiger partial charge in [0.1, 0.15) is 5.82 Å². The van der Waals surface area contributed by atoms with Gasteiger partial charge in [-0.3, -0.25) is 9.59 Å². The van der Waals surface area contributed by atoms with Crippen LogP contribution < -0.4 is 0 Å². The van der Waals surface area contributed by atoms with Crippen LogP contribution in [0.5, 0.6) is 0 Å². The summed E-state index contributed by atoms with van der Waals surface area (Å²) in [6.07, 6.45) is 0. The van der Waals surface area contributed by atoms with Gasteiger partial charge in [-0.15, -0.1) is 0 Å². The molecule has 4 aromatic carbocycles. The minimum absolute atomic E-state index is 0.0306. The third kappa shape index (κ3) is 6.56. The minimum atomic E-state index is -0.370. The maximum Gasteiger partial charge on any atom is 0.219 e. The summed E-state index contributed by atoms with van der Waals surface area (Å²) in [5.41, 5.74) is 6.45. The second-order valence-electron chi connectivity index (χ2n) is 8.66. The number of rotatable bonds is 7. The van der Waals surface area contributed by atoms with Crippen molar-refractivity contribution in [1.29, 1.82) is 0 Å². The highest BCUT2D eigenvalue weighted by atomic mass is 32.2. The Labute approximate surface area is 225 Å². The van der Waals surface area contributed by atoms with E-state index in [0.717, 1.165) is 44.5 Å². The quantitative estimate of drug-likeness (QED) is 0.178. The molecule has 0 bridgehead atoms. The van der Waals surface area contributed by atoms with Gasteiger partial charge in [-0.2, -0.15) is 0 Å². The molecule has 0 heterocycles. The highest BCUT2D eigenvalue weighted by Crippen LogP contribution is 2.32. The molecule has 0 aromatic heterocycles. The van der Waals surface area contributed by atoms with Crippen molar-refractivity contribution < 1.29 is 14.0 Å². The summed E-state index contributed by atoms with van der Waals surface area (Å²) in [6.45, 7) is 10.7. The number of benzene rings is 4. The Morgan fingerprint density at radius 2 is 0.919 bits per heavy atom. The van der Waals surface area contributed by atoms with E-state index < -0.39 is 0 Å². The third-order valence-electron chi connectivity index (χ3n) is 5.66. The number of carbonyl (C=O) groups excluding carboxylic acids is 2. The van der Waals surface area contributed by atoms with Crippen LogP contribution in [0.1, 0.15) is 13.8 Å². The van der Waals surface area contributed by atoms with Crippen molar-refractivity contribution in [1.82, 2.24) is 0 Å². The topological polar surface area (TPSA) is 34.1 Å². The summed E-state index contributed by atoms with van der Waals surface area (Å²) in [5.74, 6) is -0.370. The van der Waals surface area contributed by atoms with Crippen LogP contribution in [0, 0.1) is 5.82 Å². The molecule has 2 nitrogen and oxygen atoms in total. The van der Waals surface area contributed by atoms with E-state index in [1.807, 2.05) is 48.5 Å². The van der Waals surface area contributed by atoms with Gasteiger partial charge in [-0.25, -0.2) is 4.39 Å². The summed E-state index contributed by atoms with van der Waals surface area (Å²) >= 11 is 2.16. The molecule has 0 amide bonds. The summed E-state index contributed by atoms with van der Waals surface area (Å²) in [4.78, 5) is 25.1. The van der Waals surface area contributed by atoms with Gasteiger partial charge in [0.15, 0.2) is 0 Å². The molecule has 0 unspecified atom stereocenters. The SMILES string of the molecule is C=C(C)C(=O)Sc1ccc(-c2ccc(-c3ccc(-c4ccc(SC(=O)C(=C)C)cc4F)cc3)cc2)cc1. The fourth-order valence-electron chi connectivity index (χ4n) is 3.59. The third-order valence-corrected chi connectivity index (χ3v) is 7.73. The molecule has 184 valence electrons. The summed E-state index contributed by atoms with van der Waals surface area (Å²) in [7, 11) is 0. The summed E-state index contributed by atoms with van der Waals surface area (Å²) in [5, 5.41) is -0.203. The van der Waals surface area contributed by atoms with Crippen molar-refractivity contribution in [2.45, 2.75) is 23.6 Å². The number of halogens is 1. The number of thioether (sulfide) groups is 2. The van der Waals surface area contributed by atoms with Gasteiger partial charge < -0.3 is 0 Å². The lowest BCUT2D eigenvalue weighted by Gasteiger charge is -2.09. The molecule has 37 heavy (non-hydrogen) atoms. The predicted molar refractivity (Wildman–Crippen MR) is 154 cm³/mol. The predicted octanol–water partition coefficient (Wildman–Crippen LogP) is 9.22. The van der Waals surface area contributed by atoms with Crippen LogP contribution in [-0.2, 0) is 9.59 Å². The largest absolute Gasteiger partial charge is 0.282 e. The van der Waals surface area contributed by atoms with Gasteiger partial charge in [0.2, 0.25) is 10.2 Å². The Kier molecular flexibility index (Phi) is 8.27. The molecule has 4 rings (SSSR count). The molecule has 0 N–H and O–H groups in total. The molecule has 0 spiro atoms. The van der Waals surface area contributed by atoms with Crippen molar-refractivity contribution in [3.8, 4) is 33.4 Å². The Morgan fingerprint density at radius 1 is 0.568 bits per heavy atom. The van der Waals surface area contributed by atoms with Crippen molar-refractivity contribution in [2.75, 3.05) is 0 Å². The van der Waals surface area contributed by atoms with Crippen LogP contribution in [0.15, 0.2) is 125 Å². The zero-order chi connectivity index (χ0) is 26.5. The standard InChI is InChI=1S/C32H25FO2S2/c1-20(2)31(34)36-27-15-13-25(14-16-27)23-7-5-22(6-8-23)24-9-11-26(12-10-24)29-18-17-28(19-30(29)33)37-32(35)21(3)4/h5-19H,1,3H2,2,4H3. The lowest BCUT2D eigenvalue weighted by Crippen LogP contribution is -1.92. The van der Waals surface area contributed by atoms with Gasteiger partial charge in [-0.1, -0.05) is 79.9 Å². The lowest BCUT2D eigenvalue weighted by atomic mass is 9.98. The Balaban J connectivity index is 1.46. The maximum absolute atomic E-state index is 14.8. The van der Waals surface area contributed by atoms with Gasteiger partial charge in [0.25, 0.3) is 0 Å². The highest BCUT2D eigenvalue weighted by Gasteiger charge is 2.11. The summed E-state index contributed by atoms with van der Waals surface area (Å²) < 4.78 is 14.8. The van der Waals surface area contributed by atoms with E-state index in [0.29, 0.717) is 21.6 Å². The fraction of sp³-hybridized carbons (Fsp3) is 0.0625. The second kappa shape index (κ2) is 11.6. The van der Waals surface area contributed by atoms with E-state index in [2.05, 4.69) is 37.4 Å². The monoisotopic (exact) mass is 524 g/mol. The number of hydrogen-bond acceptors (Lipinski definition) is 4. The number of carbonyl (C=O) groups is 2. The van der Waals surface area contributed by atoms with Crippen LogP contribution in [0.25, 0.3) is 33.4 Å². The first-order chi connectivity index (χ1) is 17.7. The lowest BCUT2D eigenvalue weighted by molar-refractivity contribution is -0.108. The van der Waals surface area contributed by atoms with E-state index in [1.54, 1.807) is 26.0 Å². The molecule has 0 saturated heterocycles. The molecule has 4 aromatic rings. The first-order valence-corrected chi connectivity index (χ1v) is 13.2. The molecule has 0 aliphatic rings. The van der Waals surface area contributed by atoms with E-state index in [-0.39, 0.29) is 16.0 Å². The Bertz CT molecular complexity index is 1490. The second-order valence-corrected chi connectivity index (χ2v) is 10.8. The maximum atomic E-state index is 14.8. The van der Waals surface area contributed by atoms with Crippen molar-refractivity contribution >= 4 is 33.8 Å². The highest BCUT2D eigenvalue weighted by molar-refractivity contribution is 8.14. The zero-order valence-electron chi connectivity index (χ0n) is 20.6. The van der Waals surface area contributed by atoms with Crippen LogP contribution in [0.2, 0.25) is 0 Å². The first kappa shape index (κ1) is 26.4. The molecular formula is C32H25FO2S2. The molecule has 0 aliphatic heterocycles. The average molecular weight is 525 g/mol. The molecular weight excluding hydrogens is 499 g/mol. The smallest absolute Gasteiger partial charge is 0.219 e. The molecule has 0 saturated carbocycles.